The van der Waals surface area contributed by atoms with Crippen LogP contribution in [0, 0.1) is 10.1 Å². The first-order chi connectivity index (χ1) is 24.6. The molecular weight excluding hydrogens is 660 g/mol. The van der Waals surface area contributed by atoms with E-state index in [0.717, 1.165) is 16.7 Å². The third kappa shape index (κ3) is 7.08. The molecule has 0 unspecified atom stereocenters. The van der Waals surface area contributed by atoms with E-state index in [4.69, 9.17) is 42.7 Å². The van der Waals surface area contributed by atoms with Crippen molar-refractivity contribution in [1.82, 2.24) is 5.06 Å². The van der Waals surface area contributed by atoms with Gasteiger partial charge in [-0.3, -0.25) is 15.0 Å². The minimum atomic E-state index is -1.34. The van der Waals surface area contributed by atoms with Crippen LogP contribution in [-0.2, 0) is 62.5 Å². The lowest BCUT2D eigenvalue weighted by atomic mass is 9.90. The molecule has 272 valence electrons. The zero-order valence-electron chi connectivity index (χ0n) is 29.0. The maximum atomic E-state index is 13.4. The molecule has 5 heterocycles. The molecule has 0 N–H and O–H groups in total. The summed E-state index contributed by atoms with van der Waals surface area (Å²) in [6.45, 7) is 7.93. The van der Waals surface area contributed by atoms with E-state index in [1.165, 1.54) is 0 Å². The van der Waals surface area contributed by atoms with Crippen LogP contribution in [0.1, 0.15) is 44.4 Å². The maximum absolute atomic E-state index is 13.4. The molecule has 0 amide bonds. The third-order valence-electron chi connectivity index (χ3n) is 9.99. The van der Waals surface area contributed by atoms with Crippen LogP contribution in [0.15, 0.2) is 91.0 Å². The van der Waals surface area contributed by atoms with Gasteiger partial charge in [0.05, 0.1) is 13.2 Å². The van der Waals surface area contributed by atoms with Crippen LogP contribution >= 0.6 is 0 Å². The fraction of sp³-hybridized carbons (Fsp3) is 0.526. The highest BCUT2D eigenvalue weighted by Crippen LogP contribution is 2.47. The number of nitrogens with zero attached hydrogens (tertiary/aromatic N) is 2. The van der Waals surface area contributed by atoms with Gasteiger partial charge in [0.1, 0.15) is 42.7 Å². The molecule has 8 rings (SSSR count). The van der Waals surface area contributed by atoms with Crippen molar-refractivity contribution in [3.05, 3.63) is 118 Å². The summed E-state index contributed by atoms with van der Waals surface area (Å²) in [5.41, 5.74) is 2.78. The minimum Gasteiger partial charge on any atom is -0.368 e. The quantitative estimate of drug-likeness (QED) is 0.202. The lowest BCUT2D eigenvalue weighted by Gasteiger charge is -2.32. The summed E-state index contributed by atoms with van der Waals surface area (Å²) in [5.74, 6) is -1.86. The second-order valence-electron chi connectivity index (χ2n) is 14.6. The first kappa shape index (κ1) is 34.7. The second-order valence-corrected chi connectivity index (χ2v) is 14.6. The molecule has 3 aromatic rings. The Morgan fingerprint density at radius 1 is 0.627 bits per heavy atom. The SMILES string of the molecule is CC1(C)O[C@H]2O[C@H]([C@@H]3[C@H]([N+](=O)[O-])[C@@H]([C@H]4O[C@@H]5OC(C)(C)O[C@@H]5[C@H]4OCc4ccccc4)ON3Cc3ccccc3)[C@H](OCc3ccccc3)[C@H]2O1. The van der Waals surface area contributed by atoms with Gasteiger partial charge in [-0.1, -0.05) is 91.0 Å². The molecule has 0 spiro atoms. The molecule has 0 radical (unpaired) electrons. The molecule has 0 aliphatic carbocycles. The van der Waals surface area contributed by atoms with Crippen LogP contribution < -0.4 is 0 Å². The second kappa shape index (κ2) is 13.9. The largest absolute Gasteiger partial charge is 0.368 e. The van der Waals surface area contributed by atoms with Gasteiger partial charge in [-0.2, -0.15) is 5.06 Å². The molecule has 13 nitrogen and oxygen atoms in total. The van der Waals surface area contributed by atoms with E-state index in [1.54, 1.807) is 18.9 Å². The number of nitro groups is 1. The Labute approximate surface area is 296 Å². The third-order valence-corrected chi connectivity index (χ3v) is 9.99. The van der Waals surface area contributed by atoms with Crippen molar-refractivity contribution in [2.24, 2.45) is 0 Å². The molecule has 5 saturated heterocycles. The summed E-state index contributed by atoms with van der Waals surface area (Å²) in [4.78, 5) is 19.8. The zero-order valence-corrected chi connectivity index (χ0v) is 29.0. The highest BCUT2D eigenvalue weighted by molar-refractivity contribution is 5.18. The van der Waals surface area contributed by atoms with Gasteiger partial charge in [-0.05, 0) is 44.4 Å². The summed E-state index contributed by atoms with van der Waals surface area (Å²) < 4.78 is 51.0. The van der Waals surface area contributed by atoms with Gasteiger partial charge in [-0.15, -0.1) is 0 Å². The van der Waals surface area contributed by atoms with Gasteiger partial charge >= 0.3 is 0 Å². The summed E-state index contributed by atoms with van der Waals surface area (Å²) in [6, 6.07) is 26.8. The molecule has 5 fully saturated rings. The highest BCUT2D eigenvalue weighted by atomic mass is 16.9. The predicted octanol–water partition coefficient (Wildman–Crippen LogP) is 4.74. The van der Waals surface area contributed by atoms with Gasteiger partial charge in [0.15, 0.2) is 30.3 Å². The molecule has 0 saturated carbocycles. The molecule has 13 heteroatoms. The summed E-state index contributed by atoms with van der Waals surface area (Å²) >= 11 is 0. The van der Waals surface area contributed by atoms with Crippen molar-refractivity contribution in [2.75, 3.05) is 0 Å². The van der Waals surface area contributed by atoms with E-state index in [-0.39, 0.29) is 24.7 Å². The Morgan fingerprint density at radius 2 is 1.08 bits per heavy atom. The summed E-state index contributed by atoms with van der Waals surface area (Å²) in [5, 5.41) is 15.0. The Hall–Kier alpha value is -3.34. The number of hydrogen-bond acceptors (Lipinski definition) is 12. The van der Waals surface area contributed by atoms with Crippen LogP contribution in [-0.4, -0.2) is 89.0 Å². The fourth-order valence-corrected chi connectivity index (χ4v) is 7.88. The fourth-order valence-electron chi connectivity index (χ4n) is 7.88. The number of ether oxygens (including phenoxy) is 8. The monoisotopic (exact) mass is 704 g/mol. The van der Waals surface area contributed by atoms with Gasteiger partial charge < -0.3 is 37.9 Å². The van der Waals surface area contributed by atoms with Gasteiger partial charge in [-0.25, -0.2) is 0 Å². The van der Waals surface area contributed by atoms with E-state index < -0.39 is 79.0 Å². The molecule has 11 atom stereocenters. The average molecular weight is 705 g/mol. The van der Waals surface area contributed by atoms with Crippen molar-refractivity contribution in [2.45, 2.75) is 126 Å². The molecule has 0 bridgehead atoms. The lowest BCUT2D eigenvalue weighted by molar-refractivity contribution is -0.534. The van der Waals surface area contributed by atoms with Crippen molar-refractivity contribution in [1.29, 1.82) is 0 Å². The first-order valence-corrected chi connectivity index (χ1v) is 17.5. The van der Waals surface area contributed by atoms with Crippen LogP contribution in [0.4, 0.5) is 0 Å². The Balaban J connectivity index is 1.14. The Bertz CT molecular complexity index is 1650. The van der Waals surface area contributed by atoms with E-state index in [0.29, 0.717) is 0 Å². The van der Waals surface area contributed by atoms with Gasteiger partial charge in [0, 0.05) is 11.5 Å². The molecule has 5 aliphatic heterocycles. The van der Waals surface area contributed by atoms with Crippen molar-refractivity contribution in [3.63, 3.8) is 0 Å². The first-order valence-electron chi connectivity index (χ1n) is 17.5. The van der Waals surface area contributed by atoms with Crippen LogP contribution in [0.2, 0.25) is 0 Å². The molecule has 51 heavy (non-hydrogen) atoms. The molecule has 5 aliphatic rings. The number of hydrogen-bond donors (Lipinski definition) is 0. The van der Waals surface area contributed by atoms with E-state index >= 15 is 0 Å². The predicted molar refractivity (Wildman–Crippen MR) is 179 cm³/mol. The van der Waals surface area contributed by atoms with Crippen LogP contribution in [0.25, 0.3) is 0 Å². The highest BCUT2D eigenvalue weighted by Gasteiger charge is 2.69. The lowest BCUT2D eigenvalue weighted by Crippen LogP contribution is -2.56. The van der Waals surface area contributed by atoms with E-state index in [1.807, 2.05) is 105 Å². The normalized spacial score (nSPS) is 36.7. The number of rotatable bonds is 11. The van der Waals surface area contributed by atoms with Crippen molar-refractivity contribution in [3.8, 4) is 0 Å². The maximum Gasteiger partial charge on any atom is 0.263 e. The van der Waals surface area contributed by atoms with Crippen LogP contribution in [0.5, 0.6) is 0 Å². The van der Waals surface area contributed by atoms with E-state index in [9.17, 15) is 10.1 Å². The Kier molecular flexibility index (Phi) is 9.46. The van der Waals surface area contributed by atoms with Gasteiger partial charge in [0.2, 0.25) is 0 Å². The number of benzene rings is 3. The van der Waals surface area contributed by atoms with Crippen molar-refractivity contribution >= 4 is 0 Å². The smallest absolute Gasteiger partial charge is 0.263 e. The minimum absolute atomic E-state index is 0.231. The molecule has 3 aromatic carbocycles. The zero-order chi connectivity index (χ0) is 35.3. The average Bonchev–Trinajstić information content (AvgIpc) is 3.87. The van der Waals surface area contributed by atoms with Crippen molar-refractivity contribution < 1.29 is 47.7 Å². The van der Waals surface area contributed by atoms with Crippen LogP contribution in [0.3, 0.4) is 0 Å². The van der Waals surface area contributed by atoms with E-state index in [2.05, 4.69) is 0 Å². The Morgan fingerprint density at radius 3 is 1.57 bits per heavy atom. The molecule has 0 aromatic heterocycles. The number of fused-ring (bicyclic) bond motifs is 2. The topological polar surface area (TPSA) is 129 Å². The summed E-state index contributed by atoms with van der Waals surface area (Å²) in [7, 11) is 0. The van der Waals surface area contributed by atoms with Gasteiger partial charge in [0.25, 0.3) is 6.04 Å². The summed E-state index contributed by atoms with van der Waals surface area (Å²) in [6.07, 6.45) is -7.26. The molecular formula is C38H44N2O11. The standard InChI is InChI=1S/C38H44N2O11/c1-37(2)47-33-30(43-21-24-16-10-6-11-17-24)28(45-35(33)49-37)26-27(40(41)42)29(51-39(26)20-23-14-8-5-9-15-23)32-31(44-22-25-18-12-7-13-19-25)34-36(46-32)50-38(3,4)48-34/h5-19,26-36H,20-22H2,1-4H3/t26-,27-,28+,29-,30-,31-,32+,33+,34+,35+,36+/m0/s1. The number of hydroxylamine groups is 2.